The predicted molar refractivity (Wildman–Crippen MR) is 63.6 cm³/mol. The molecule has 0 aliphatic carbocycles. The molecule has 0 saturated carbocycles. The van der Waals surface area contributed by atoms with Crippen molar-refractivity contribution in [1.29, 1.82) is 0 Å². The molecule has 1 heterocycles. The van der Waals surface area contributed by atoms with Crippen LogP contribution < -0.4 is 10.6 Å². The number of carbonyl (C=O) groups excluding carboxylic acids is 2. The molecule has 0 fully saturated rings. The van der Waals surface area contributed by atoms with Crippen molar-refractivity contribution in [2.24, 2.45) is 0 Å². The molecule has 0 aromatic carbocycles. The van der Waals surface area contributed by atoms with Gasteiger partial charge in [-0.1, -0.05) is 0 Å². The van der Waals surface area contributed by atoms with E-state index in [1.165, 1.54) is 22.9 Å². The van der Waals surface area contributed by atoms with Crippen LogP contribution in [-0.2, 0) is 16.1 Å². The van der Waals surface area contributed by atoms with Crippen molar-refractivity contribution >= 4 is 23.2 Å². The number of thiazole rings is 1. The second-order valence-electron chi connectivity index (χ2n) is 3.83. The van der Waals surface area contributed by atoms with Gasteiger partial charge in [-0.3, -0.25) is 9.59 Å². The number of hydrogen-bond acceptors (Lipinski definition) is 5. The maximum absolute atomic E-state index is 12.1. The molecule has 2 amide bonds. The number of nitrogens with one attached hydrogen (secondary N) is 2. The van der Waals surface area contributed by atoms with Crippen molar-refractivity contribution in [2.75, 3.05) is 0 Å². The van der Waals surface area contributed by atoms with E-state index in [0.29, 0.717) is 5.01 Å². The standard InChI is InChI=1S/C10H12F3N3O3S/c1-5(17)7(16-9(19)10(11,12)13)8(18)15-4-6-14-2-3-20-6/h2-3,5,7,17H,4H2,1H3,(H,15,18)(H,16,19)/t5-,7+/m0/s1. The van der Waals surface area contributed by atoms with Crippen molar-refractivity contribution in [3.8, 4) is 0 Å². The molecule has 0 unspecified atom stereocenters. The van der Waals surface area contributed by atoms with Crippen molar-refractivity contribution in [3.63, 3.8) is 0 Å². The zero-order valence-electron chi connectivity index (χ0n) is 10.3. The maximum atomic E-state index is 12.1. The fraction of sp³-hybridized carbons (Fsp3) is 0.500. The third-order valence-electron chi connectivity index (χ3n) is 2.21. The Morgan fingerprint density at radius 1 is 1.50 bits per heavy atom. The third kappa shape index (κ3) is 4.78. The summed E-state index contributed by atoms with van der Waals surface area (Å²) in [6.07, 6.45) is -5.09. The number of aromatic nitrogens is 1. The van der Waals surface area contributed by atoms with Gasteiger partial charge in [0.1, 0.15) is 11.0 Å². The summed E-state index contributed by atoms with van der Waals surface area (Å²) in [5.74, 6) is -3.21. The Bertz CT molecular complexity index is 462. The van der Waals surface area contributed by atoms with Gasteiger partial charge in [-0.2, -0.15) is 13.2 Å². The van der Waals surface area contributed by atoms with Crippen LogP contribution in [0, 0.1) is 0 Å². The molecule has 6 nitrogen and oxygen atoms in total. The number of nitrogens with zero attached hydrogens (tertiary/aromatic N) is 1. The number of aliphatic hydroxyl groups excluding tert-OH is 1. The highest BCUT2D eigenvalue weighted by molar-refractivity contribution is 7.09. The van der Waals surface area contributed by atoms with Crippen LogP contribution in [0.25, 0.3) is 0 Å². The number of aliphatic hydroxyl groups is 1. The van der Waals surface area contributed by atoms with E-state index in [9.17, 15) is 27.9 Å². The Morgan fingerprint density at radius 3 is 2.60 bits per heavy atom. The molecule has 1 aromatic rings. The molecule has 0 saturated heterocycles. The summed E-state index contributed by atoms with van der Waals surface area (Å²) < 4.78 is 36.3. The van der Waals surface area contributed by atoms with Gasteiger partial charge in [0.2, 0.25) is 5.91 Å². The highest BCUT2D eigenvalue weighted by Crippen LogP contribution is 2.15. The Balaban J connectivity index is 2.61. The van der Waals surface area contributed by atoms with Crippen molar-refractivity contribution < 1.29 is 27.9 Å². The SMILES string of the molecule is C[C@H](O)[C@@H](NC(=O)C(F)(F)F)C(=O)NCc1nccs1. The van der Waals surface area contributed by atoms with Gasteiger partial charge in [0.15, 0.2) is 0 Å². The Morgan fingerprint density at radius 2 is 2.15 bits per heavy atom. The molecule has 10 heteroatoms. The van der Waals surface area contributed by atoms with E-state index in [1.54, 1.807) is 5.38 Å². The first-order valence-corrected chi connectivity index (χ1v) is 6.31. The normalized spacial score (nSPS) is 14.4. The largest absolute Gasteiger partial charge is 0.471 e. The molecule has 0 aliphatic rings. The lowest BCUT2D eigenvalue weighted by atomic mass is 10.1. The fourth-order valence-corrected chi connectivity index (χ4v) is 1.80. The smallest absolute Gasteiger partial charge is 0.391 e. The molecule has 0 bridgehead atoms. The van der Waals surface area contributed by atoms with Crippen LogP contribution in [0.5, 0.6) is 0 Å². The van der Waals surface area contributed by atoms with Gasteiger partial charge < -0.3 is 15.7 Å². The Hall–Kier alpha value is -1.68. The van der Waals surface area contributed by atoms with E-state index in [1.807, 2.05) is 0 Å². The van der Waals surface area contributed by atoms with Crippen LogP contribution in [0.1, 0.15) is 11.9 Å². The summed E-state index contributed by atoms with van der Waals surface area (Å²) in [4.78, 5) is 26.3. The van der Waals surface area contributed by atoms with Crippen LogP contribution >= 0.6 is 11.3 Å². The molecule has 2 atom stereocenters. The summed E-state index contributed by atoms with van der Waals surface area (Å²) in [5, 5.41) is 15.2. The van der Waals surface area contributed by atoms with Crippen LogP contribution in [0.2, 0.25) is 0 Å². The number of halogens is 3. The predicted octanol–water partition coefficient (Wildman–Crippen LogP) is 0.187. The minimum absolute atomic E-state index is 0.00160. The summed E-state index contributed by atoms with van der Waals surface area (Å²) in [6.45, 7) is 1.10. The second-order valence-corrected chi connectivity index (χ2v) is 4.81. The second kappa shape index (κ2) is 6.66. The minimum atomic E-state index is -5.12. The lowest BCUT2D eigenvalue weighted by Crippen LogP contribution is -2.55. The number of hydrogen-bond donors (Lipinski definition) is 3. The summed E-state index contributed by atoms with van der Waals surface area (Å²) >= 11 is 1.25. The fourth-order valence-electron chi connectivity index (χ4n) is 1.24. The molecule has 1 aromatic heterocycles. The number of alkyl halides is 3. The van der Waals surface area contributed by atoms with Gasteiger partial charge in [-0.25, -0.2) is 4.98 Å². The molecule has 0 aliphatic heterocycles. The number of rotatable bonds is 5. The quantitative estimate of drug-likeness (QED) is 0.724. The van der Waals surface area contributed by atoms with E-state index in [0.717, 1.165) is 6.92 Å². The van der Waals surface area contributed by atoms with Crippen molar-refractivity contribution in [3.05, 3.63) is 16.6 Å². The zero-order chi connectivity index (χ0) is 15.3. The average Bonchev–Trinajstić information content (AvgIpc) is 2.84. The van der Waals surface area contributed by atoms with Crippen molar-refractivity contribution in [2.45, 2.75) is 31.8 Å². The summed E-state index contributed by atoms with van der Waals surface area (Å²) in [6, 6.07) is -1.69. The number of carbonyl (C=O) groups is 2. The van der Waals surface area contributed by atoms with Gasteiger partial charge >= 0.3 is 12.1 Å². The topological polar surface area (TPSA) is 91.3 Å². The van der Waals surface area contributed by atoms with Gasteiger partial charge in [0.25, 0.3) is 0 Å². The first-order chi connectivity index (χ1) is 9.21. The maximum Gasteiger partial charge on any atom is 0.471 e. The number of amides is 2. The molecule has 20 heavy (non-hydrogen) atoms. The first kappa shape index (κ1) is 16.4. The molecule has 0 spiro atoms. The lowest BCUT2D eigenvalue weighted by Gasteiger charge is -2.21. The summed E-state index contributed by atoms with van der Waals surface area (Å²) in [5.41, 5.74) is 0. The van der Waals surface area contributed by atoms with Crippen LogP contribution in [0.3, 0.4) is 0 Å². The lowest BCUT2D eigenvalue weighted by molar-refractivity contribution is -0.175. The zero-order valence-corrected chi connectivity index (χ0v) is 11.1. The van der Waals surface area contributed by atoms with Gasteiger partial charge in [0, 0.05) is 11.6 Å². The van der Waals surface area contributed by atoms with Gasteiger partial charge in [0.05, 0.1) is 12.6 Å². The van der Waals surface area contributed by atoms with E-state index in [4.69, 9.17) is 0 Å². The molecule has 1 rings (SSSR count). The highest BCUT2D eigenvalue weighted by atomic mass is 32.1. The van der Waals surface area contributed by atoms with Gasteiger partial charge in [-0.15, -0.1) is 11.3 Å². The van der Waals surface area contributed by atoms with Crippen LogP contribution in [0.4, 0.5) is 13.2 Å². The van der Waals surface area contributed by atoms with Crippen LogP contribution in [0.15, 0.2) is 11.6 Å². The third-order valence-corrected chi connectivity index (χ3v) is 2.99. The van der Waals surface area contributed by atoms with E-state index in [-0.39, 0.29) is 6.54 Å². The average molecular weight is 311 g/mol. The first-order valence-electron chi connectivity index (χ1n) is 5.43. The minimum Gasteiger partial charge on any atom is -0.391 e. The molecule has 0 radical (unpaired) electrons. The Kier molecular flexibility index (Phi) is 5.45. The molecule has 112 valence electrons. The Labute approximate surface area is 116 Å². The molecular formula is C10H12F3N3O3S. The van der Waals surface area contributed by atoms with Crippen molar-refractivity contribution in [1.82, 2.24) is 15.6 Å². The highest BCUT2D eigenvalue weighted by Gasteiger charge is 2.41. The van der Waals surface area contributed by atoms with E-state index >= 15 is 0 Å². The van der Waals surface area contributed by atoms with E-state index < -0.39 is 30.1 Å². The van der Waals surface area contributed by atoms with E-state index in [2.05, 4.69) is 10.3 Å². The monoisotopic (exact) mass is 311 g/mol. The van der Waals surface area contributed by atoms with Gasteiger partial charge in [-0.05, 0) is 6.92 Å². The molecular weight excluding hydrogens is 299 g/mol. The van der Waals surface area contributed by atoms with Crippen LogP contribution in [-0.4, -0.2) is 40.2 Å². The molecule has 3 N–H and O–H groups in total. The summed E-state index contributed by atoms with van der Waals surface area (Å²) in [7, 11) is 0.